The minimum atomic E-state index is -3.73. The molecule has 1 aliphatic carbocycles. The van der Waals surface area contributed by atoms with E-state index < -0.39 is 14.5 Å². The summed E-state index contributed by atoms with van der Waals surface area (Å²) in [6, 6.07) is 6.16. The maximum absolute atomic E-state index is 12.1. The molecule has 0 saturated heterocycles. The van der Waals surface area contributed by atoms with Gasteiger partial charge in [-0.3, -0.25) is 4.79 Å². The molecule has 1 aromatic rings. The lowest BCUT2D eigenvalue weighted by Gasteiger charge is -2.26. The summed E-state index contributed by atoms with van der Waals surface area (Å²) in [6.45, 7) is 0. The summed E-state index contributed by atoms with van der Waals surface area (Å²) in [7, 11) is 2.92. The van der Waals surface area contributed by atoms with Gasteiger partial charge in [0.15, 0.2) is 0 Å². The van der Waals surface area contributed by atoms with Crippen molar-refractivity contribution in [2.24, 2.45) is 0 Å². The second-order valence-electron chi connectivity index (χ2n) is 4.74. The number of hydrogen-bond donors (Lipinski definition) is 0. The molecule has 4 nitrogen and oxygen atoms in total. The molecule has 0 radical (unpaired) electrons. The van der Waals surface area contributed by atoms with Gasteiger partial charge in [0.25, 0.3) is 9.05 Å². The monoisotopic (exact) mass is 302 g/mol. The lowest BCUT2D eigenvalue weighted by atomic mass is 9.79. The summed E-state index contributed by atoms with van der Waals surface area (Å²) in [5, 5.41) is 0. The van der Waals surface area contributed by atoms with E-state index in [-0.39, 0.29) is 10.9 Å². The molecule has 19 heavy (non-hydrogen) atoms. The zero-order valence-corrected chi connectivity index (χ0v) is 12.1. The van der Waals surface area contributed by atoms with Crippen LogP contribution in [0, 0.1) is 0 Å². The highest BCUT2D eigenvalue weighted by Crippen LogP contribution is 2.42. The highest BCUT2D eigenvalue weighted by Gasteiger charge is 2.43. The van der Waals surface area contributed by atoms with E-state index in [9.17, 15) is 13.2 Å². The zero-order valence-electron chi connectivity index (χ0n) is 10.6. The predicted octanol–water partition coefficient (Wildman–Crippen LogP) is 2.60. The number of esters is 1. The number of ether oxygens (including phenoxy) is 1. The van der Waals surface area contributed by atoms with E-state index in [1.165, 1.54) is 19.2 Å². The number of carbonyl (C=O) groups is 1. The quantitative estimate of drug-likeness (QED) is 0.636. The smallest absolute Gasteiger partial charge is 0.316 e. The predicted molar refractivity (Wildman–Crippen MR) is 71.6 cm³/mol. The van der Waals surface area contributed by atoms with Crippen LogP contribution in [0.15, 0.2) is 29.2 Å². The van der Waals surface area contributed by atoms with E-state index >= 15 is 0 Å². The Bertz CT molecular complexity index is 571. The standard InChI is InChI=1S/C13H15ClO4S/c1-18-12(15)13(8-2-3-9-13)10-4-6-11(7-5-10)19(14,16)17/h4-7H,2-3,8-9H2,1H3. The molecule has 6 heteroatoms. The molecule has 0 bridgehead atoms. The van der Waals surface area contributed by atoms with E-state index in [0.717, 1.165) is 31.2 Å². The van der Waals surface area contributed by atoms with Crippen molar-refractivity contribution in [3.63, 3.8) is 0 Å². The second-order valence-corrected chi connectivity index (χ2v) is 7.31. The number of benzene rings is 1. The first-order valence-electron chi connectivity index (χ1n) is 6.04. The van der Waals surface area contributed by atoms with Crippen LogP contribution in [-0.2, 0) is 24.0 Å². The normalized spacial score (nSPS) is 18.2. The molecule has 1 aromatic carbocycles. The van der Waals surface area contributed by atoms with Crippen LogP contribution in [0.4, 0.5) is 0 Å². The Balaban J connectivity index is 2.42. The Morgan fingerprint density at radius 2 is 1.74 bits per heavy atom. The van der Waals surface area contributed by atoms with Gasteiger partial charge in [-0.25, -0.2) is 8.42 Å². The number of hydrogen-bond acceptors (Lipinski definition) is 4. The van der Waals surface area contributed by atoms with Crippen LogP contribution < -0.4 is 0 Å². The van der Waals surface area contributed by atoms with Crippen molar-refractivity contribution in [1.29, 1.82) is 0 Å². The fraction of sp³-hybridized carbons (Fsp3) is 0.462. The Kier molecular flexibility index (Phi) is 3.87. The van der Waals surface area contributed by atoms with Gasteiger partial charge in [-0.2, -0.15) is 0 Å². The summed E-state index contributed by atoms with van der Waals surface area (Å²) in [5.41, 5.74) is 0.157. The molecule has 0 N–H and O–H groups in total. The van der Waals surface area contributed by atoms with Gasteiger partial charge < -0.3 is 4.74 Å². The highest BCUT2D eigenvalue weighted by molar-refractivity contribution is 8.13. The molecular weight excluding hydrogens is 288 g/mol. The van der Waals surface area contributed by atoms with Crippen LogP contribution in [0.3, 0.4) is 0 Å². The summed E-state index contributed by atoms with van der Waals surface area (Å²) < 4.78 is 27.3. The molecule has 1 aliphatic rings. The topological polar surface area (TPSA) is 60.4 Å². The molecule has 0 aliphatic heterocycles. The third-order valence-corrected chi connectivity index (χ3v) is 5.09. The number of carbonyl (C=O) groups excluding carboxylic acids is 1. The maximum Gasteiger partial charge on any atom is 0.316 e. The van der Waals surface area contributed by atoms with Crippen LogP contribution in [-0.4, -0.2) is 21.5 Å². The molecule has 0 unspecified atom stereocenters. The molecule has 104 valence electrons. The lowest BCUT2D eigenvalue weighted by Crippen LogP contribution is -2.34. The summed E-state index contributed by atoms with van der Waals surface area (Å²) in [5.74, 6) is -0.258. The SMILES string of the molecule is COC(=O)C1(c2ccc(S(=O)(=O)Cl)cc2)CCCC1. The number of halogens is 1. The van der Waals surface area contributed by atoms with Crippen LogP contribution >= 0.6 is 10.7 Å². The maximum atomic E-state index is 12.1. The van der Waals surface area contributed by atoms with Crippen LogP contribution in [0.2, 0.25) is 0 Å². The number of rotatable bonds is 3. The second kappa shape index (κ2) is 5.13. The van der Waals surface area contributed by atoms with Crippen LogP contribution in [0.25, 0.3) is 0 Å². The van der Waals surface area contributed by atoms with Gasteiger partial charge in [0.05, 0.1) is 17.4 Å². The fourth-order valence-corrected chi connectivity index (χ4v) is 3.49. The van der Waals surface area contributed by atoms with Crippen molar-refractivity contribution < 1.29 is 17.9 Å². The molecule has 1 fully saturated rings. The minimum Gasteiger partial charge on any atom is -0.468 e. The Morgan fingerprint density at radius 1 is 1.21 bits per heavy atom. The first-order valence-corrected chi connectivity index (χ1v) is 8.35. The largest absolute Gasteiger partial charge is 0.468 e. The average Bonchev–Trinajstić information content (AvgIpc) is 2.87. The zero-order chi connectivity index (χ0) is 14.1. The third kappa shape index (κ3) is 2.62. The van der Waals surface area contributed by atoms with E-state index in [2.05, 4.69) is 0 Å². The molecule has 0 spiro atoms. The van der Waals surface area contributed by atoms with E-state index in [1.54, 1.807) is 12.1 Å². The molecule has 0 heterocycles. The minimum absolute atomic E-state index is 0.0379. The van der Waals surface area contributed by atoms with Crippen molar-refractivity contribution in [2.45, 2.75) is 36.0 Å². The van der Waals surface area contributed by atoms with E-state index in [4.69, 9.17) is 15.4 Å². The van der Waals surface area contributed by atoms with Gasteiger partial charge >= 0.3 is 5.97 Å². The molecule has 0 amide bonds. The third-order valence-electron chi connectivity index (χ3n) is 3.72. The molecule has 2 rings (SSSR count). The number of methoxy groups -OCH3 is 1. The van der Waals surface area contributed by atoms with Crippen LogP contribution in [0.5, 0.6) is 0 Å². The summed E-state index contributed by atoms with van der Waals surface area (Å²) >= 11 is 0. The molecule has 0 atom stereocenters. The first kappa shape index (κ1) is 14.3. The average molecular weight is 303 g/mol. The molecule has 0 aromatic heterocycles. The van der Waals surface area contributed by atoms with E-state index in [1.807, 2.05) is 0 Å². The Morgan fingerprint density at radius 3 is 2.16 bits per heavy atom. The van der Waals surface area contributed by atoms with Crippen molar-refractivity contribution in [3.8, 4) is 0 Å². The van der Waals surface area contributed by atoms with Crippen LogP contribution in [0.1, 0.15) is 31.2 Å². The van der Waals surface area contributed by atoms with Crippen molar-refractivity contribution in [2.75, 3.05) is 7.11 Å². The lowest BCUT2D eigenvalue weighted by molar-refractivity contribution is -0.147. The highest BCUT2D eigenvalue weighted by atomic mass is 35.7. The van der Waals surface area contributed by atoms with Gasteiger partial charge in [-0.05, 0) is 30.5 Å². The van der Waals surface area contributed by atoms with Gasteiger partial charge in [-0.1, -0.05) is 25.0 Å². The van der Waals surface area contributed by atoms with Crippen molar-refractivity contribution >= 4 is 25.7 Å². The van der Waals surface area contributed by atoms with Gasteiger partial charge in [0, 0.05) is 10.7 Å². The Labute approximate surface area is 117 Å². The first-order chi connectivity index (χ1) is 8.90. The summed E-state index contributed by atoms with van der Waals surface area (Å²) in [4.78, 5) is 12.1. The summed E-state index contributed by atoms with van der Waals surface area (Å²) in [6.07, 6.45) is 3.38. The fourth-order valence-electron chi connectivity index (χ4n) is 2.72. The molecular formula is C13H15ClO4S. The van der Waals surface area contributed by atoms with Gasteiger partial charge in [0.1, 0.15) is 0 Å². The van der Waals surface area contributed by atoms with Crippen molar-refractivity contribution in [1.82, 2.24) is 0 Å². The molecule has 1 saturated carbocycles. The van der Waals surface area contributed by atoms with Gasteiger partial charge in [0.2, 0.25) is 0 Å². The van der Waals surface area contributed by atoms with Crippen molar-refractivity contribution in [3.05, 3.63) is 29.8 Å². The van der Waals surface area contributed by atoms with Gasteiger partial charge in [-0.15, -0.1) is 0 Å². The Hall–Kier alpha value is -1.07. The van der Waals surface area contributed by atoms with E-state index in [0.29, 0.717) is 0 Å².